The van der Waals surface area contributed by atoms with Crippen molar-refractivity contribution in [3.05, 3.63) is 44.8 Å². The van der Waals surface area contributed by atoms with Crippen molar-refractivity contribution in [1.29, 1.82) is 0 Å². The summed E-state index contributed by atoms with van der Waals surface area (Å²) in [7, 11) is 0. The monoisotopic (exact) mass is 349 g/mol. The molecule has 2 aromatic rings. The number of carbonyl (C=O) groups is 1. The number of hydrogen-bond donors (Lipinski definition) is 1. The third-order valence-corrected chi connectivity index (χ3v) is 3.48. The van der Waals surface area contributed by atoms with Crippen molar-refractivity contribution in [3.63, 3.8) is 0 Å². The van der Waals surface area contributed by atoms with Crippen LogP contribution in [0.25, 0.3) is 5.69 Å². The molecule has 0 amide bonds. The molecule has 2 rings (SSSR count). The maximum absolute atomic E-state index is 14.0. The number of benzene rings is 1. The largest absolute Gasteiger partial charge is 0.481 e. The van der Waals surface area contributed by atoms with E-state index in [9.17, 15) is 22.8 Å². The van der Waals surface area contributed by atoms with Crippen molar-refractivity contribution in [3.8, 4) is 5.69 Å². The summed E-state index contributed by atoms with van der Waals surface area (Å²) in [6.45, 7) is -1.93. The minimum Gasteiger partial charge on any atom is -0.481 e. The summed E-state index contributed by atoms with van der Waals surface area (Å²) in [6.07, 6.45) is -0.269. The van der Waals surface area contributed by atoms with Gasteiger partial charge in [-0.2, -0.15) is 13.5 Å². The van der Waals surface area contributed by atoms with Crippen LogP contribution in [0, 0.1) is 12.7 Å². The molecule has 0 saturated heterocycles. The van der Waals surface area contributed by atoms with Crippen LogP contribution < -0.4 is 5.69 Å². The van der Waals surface area contributed by atoms with E-state index in [-0.39, 0.29) is 39.5 Å². The van der Waals surface area contributed by atoms with Crippen LogP contribution in [0.1, 0.15) is 24.4 Å². The number of alkyl halides is 2. The first kappa shape index (κ1) is 17.1. The second-order valence-electron chi connectivity index (χ2n) is 4.68. The van der Waals surface area contributed by atoms with E-state index in [4.69, 9.17) is 16.7 Å². The third kappa shape index (κ3) is 3.39. The number of nitrogens with zero attached hydrogens (tertiary/aromatic N) is 3. The number of aromatic nitrogens is 3. The summed E-state index contributed by atoms with van der Waals surface area (Å²) in [5.74, 6) is -2.30. The van der Waals surface area contributed by atoms with Gasteiger partial charge in [0, 0.05) is 11.4 Å². The predicted molar refractivity (Wildman–Crippen MR) is 74.7 cm³/mol. The van der Waals surface area contributed by atoms with Gasteiger partial charge in [0.1, 0.15) is 11.5 Å². The maximum atomic E-state index is 14.0. The van der Waals surface area contributed by atoms with E-state index >= 15 is 0 Å². The SMILES string of the molecule is Cc1nn(-c2cc(CCC(=O)O)c(Cl)cc2F)c(=O)n1C(F)F. The molecule has 0 aliphatic rings. The number of aliphatic carboxylic acids is 1. The van der Waals surface area contributed by atoms with Crippen LogP contribution in [0.15, 0.2) is 16.9 Å². The molecule has 1 aromatic carbocycles. The van der Waals surface area contributed by atoms with Gasteiger partial charge in [0.2, 0.25) is 0 Å². The Morgan fingerprint density at radius 3 is 2.61 bits per heavy atom. The van der Waals surface area contributed by atoms with Gasteiger partial charge in [-0.05, 0) is 31.0 Å². The van der Waals surface area contributed by atoms with Gasteiger partial charge in [-0.1, -0.05) is 11.6 Å². The molecule has 124 valence electrons. The fraction of sp³-hybridized carbons (Fsp3) is 0.308. The van der Waals surface area contributed by atoms with Crippen molar-refractivity contribution >= 4 is 17.6 Å². The zero-order chi connectivity index (χ0) is 17.3. The molecule has 1 N–H and O–H groups in total. The maximum Gasteiger partial charge on any atom is 0.355 e. The Labute approximate surface area is 132 Å². The number of carboxylic acids is 1. The van der Waals surface area contributed by atoms with E-state index in [0.717, 1.165) is 12.1 Å². The van der Waals surface area contributed by atoms with Crippen LogP contribution in [-0.2, 0) is 11.2 Å². The van der Waals surface area contributed by atoms with Crippen molar-refractivity contribution in [2.75, 3.05) is 0 Å². The summed E-state index contributed by atoms with van der Waals surface area (Å²) in [5.41, 5.74) is -1.31. The molecule has 23 heavy (non-hydrogen) atoms. The van der Waals surface area contributed by atoms with Crippen molar-refractivity contribution in [1.82, 2.24) is 14.3 Å². The zero-order valence-electron chi connectivity index (χ0n) is 11.8. The Morgan fingerprint density at radius 1 is 1.43 bits per heavy atom. The highest BCUT2D eigenvalue weighted by molar-refractivity contribution is 6.31. The molecule has 0 unspecified atom stereocenters. The van der Waals surface area contributed by atoms with E-state index in [0.29, 0.717) is 4.68 Å². The van der Waals surface area contributed by atoms with Crippen LogP contribution >= 0.6 is 11.6 Å². The highest BCUT2D eigenvalue weighted by Crippen LogP contribution is 2.24. The van der Waals surface area contributed by atoms with Gasteiger partial charge < -0.3 is 5.11 Å². The lowest BCUT2D eigenvalue weighted by Gasteiger charge is -2.08. The zero-order valence-corrected chi connectivity index (χ0v) is 12.5. The van der Waals surface area contributed by atoms with Gasteiger partial charge in [0.05, 0.1) is 0 Å². The summed E-state index contributed by atoms with van der Waals surface area (Å²) in [4.78, 5) is 22.5. The lowest BCUT2D eigenvalue weighted by Crippen LogP contribution is -2.25. The molecular weight excluding hydrogens is 339 g/mol. The summed E-state index contributed by atoms with van der Waals surface area (Å²) < 4.78 is 40.3. The molecule has 1 heterocycles. The smallest absolute Gasteiger partial charge is 0.355 e. The molecule has 0 atom stereocenters. The second-order valence-corrected chi connectivity index (χ2v) is 5.09. The predicted octanol–water partition coefficient (Wildman–Crippen LogP) is 2.55. The molecule has 0 bridgehead atoms. The Morgan fingerprint density at radius 2 is 2.09 bits per heavy atom. The minimum absolute atomic E-state index is 0.00919. The van der Waals surface area contributed by atoms with E-state index in [1.807, 2.05) is 0 Å². The summed E-state index contributed by atoms with van der Waals surface area (Å²) >= 11 is 5.83. The Kier molecular flexibility index (Phi) is 4.79. The fourth-order valence-electron chi connectivity index (χ4n) is 2.03. The number of carboxylic acid groups (broad SMARTS) is 1. The molecule has 0 radical (unpaired) electrons. The summed E-state index contributed by atoms with van der Waals surface area (Å²) in [5, 5.41) is 12.3. The fourth-order valence-corrected chi connectivity index (χ4v) is 2.28. The van der Waals surface area contributed by atoms with Crippen LogP contribution in [0.5, 0.6) is 0 Å². The molecule has 0 aliphatic heterocycles. The molecule has 10 heteroatoms. The van der Waals surface area contributed by atoms with E-state index < -0.39 is 24.0 Å². The second kappa shape index (κ2) is 6.45. The third-order valence-electron chi connectivity index (χ3n) is 3.13. The number of halogens is 4. The average Bonchev–Trinajstić information content (AvgIpc) is 2.72. The standard InChI is InChI=1S/C13H11ClF3N3O3/c1-6-18-20(13(23)19(6)12(16)17)10-4-7(2-3-11(21)22)8(14)5-9(10)15/h4-5,12H,2-3H2,1H3,(H,21,22). The molecule has 0 spiro atoms. The van der Waals surface area contributed by atoms with Crippen LogP contribution in [0.3, 0.4) is 0 Å². The topological polar surface area (TPSA) is 77.1 Å². The highest BCUT2D eigenvalue weighted by Gasteiger charge is 2.21. The molecule has 0 aliphatic carbocycles. The Balaban J connectivity index is 2.56. The molecule has 0 fully saturated rings. The number of hydrogen-bond acceptors (Lipinski definition) is 3. The van der Waals surface area contributed by atoms with Crippen molar-refractivity contribution in [2.24, 2.45) is 0 Å². The van der Waals surface area contributed by atoms with Gasteiger partial charge in [0.25, 0.3) is 0 Å². The van der Waals surface area contributed by atoms with E-state index in [1.165, 1.54) is 6.92 Å². The van der Waals surface area contributed by atoms with Gasteiger partial charge in [-0.25, -0.2) is 13.8 Å². The Bertz CT molecular complexity index is 817. The van der Waals surface area contributed by atoms with Crippen LogP contribution in [0.4, 0.5) is 13.2 Å². The van der Waals surface area contributed by atoms with Gasteiger partial charge in [0.15, 0.2) is 5.82 Å². The van der Waals surface area contributed by atoms with Crippen LogP contribution in [0.2, 0.25) is 5.02 Å². The van der Waals surface area contributed by atoms with Gasteiger partial charge >= 0.3 is 18.2 Å². The van der Waals surface area contributed by atoms with E-state index in [2.05, 4.69) is 5.10 Å². The van der Waals surface area contributed by atoms with Gasteiger partial charge in [-0.3, -0.25) is 4.79 Å². The molecular formula is C13H11ClF3N3O3. The molecule has 1 aromatic heterocycles. The lowest BCUT2D eigenvalue weighted by atomic mass is 10.1. The first-order valence-electron chi connectivity index (χ1n) is 6.38. The first-order valence-corrected chi connectivity index (χ1v) is 6.76. The summed E-state index contributed by atoms with van der Waals surface area (Å²) in [6, 6.07) is 2.02. The van der Waals surface area contributed by atoms with Crippen molar-refractivity contribution in [2.45, 2.75) is 26.3 Å². The number of aryl methyl sites for hydroxylation is 2. The quantitative estimate of drug-likeness (QED) is 0.900. The Hall–Kier alpha value is -2.29. The van der Waals surface area contributed by atoms with Crippen LogP contribution in [-0.4, -0.2) is 25.4 Å². The van der Waals surface area contributed by atoms with Crippen molar-refractivity contribution < 1.29 is 23.1 Å². The average molecular weight is 350 g/mol. The normalized spacial score (nSPS) is 11.2. The molecule has 6 nitrogen and oxygen atoms in total. The lowest BCUT2D eigenvalue weighted by molar-refractivity contribution is -0.136. The first-order chi connectivity index (χ1) is 10.7. The minimum atomic E-state index is -3.11. The number of rotatable bonds is 5. The van der Waals surface area contributed by atoms with Gasteiger partial charge in [-0.15, -0.1) is 5.10 Å². The van der Waals surface area contributed by atoms with E-state index in [1.54, 1.807) is 0 Å². The highest BCUT2D eigenvalue weighted by atomic mass is 35.5. The molecule has 0 saturated carbocycles.